The molecule has 0 heterocycles. The Morgan fingerprint density at radius 2 is 1.82 bits per heavy atom. The van der Waals surface area contributed by atoms with E-state index >= 15 is 0 Å². The third-order valence-corrected chi connectivity index (χ3v) is 4.27. The van der Waals surface area contributed by atoms with E-state index in [0.717, 1.165) is 51.4 Å². The standard InChI is InChI=1S/C13H24N2O2/c14-11-5-3-10(4-6-11)12(16)15-9-13(17)7-1-2-8-13/h10-11,17H,1-9,14H2,(H,15,16). The molecular formula is C13H24N2O2. The van der Waals surface area contributed by atoms with Crippen LogP contribution < -0.4 is 11.1 Å². The molecule has 2 aliphatic carbocycles. The van der Waals surface area contributed by atoms with E-state index < -0.39 is 5.60 Å². The first-order chi connectivity index (χ1) is 8.09. The van der Waals surface area contributed by atoms with Gasteiger partial charge in [-0.15, -0.1) is 0 Å². The summed E-state index contributed by atoms with van der Waals surface area (Å²) in [6, 6.07) is 0.276. The molecule has 17 heavy (non-hydrogen) atoms. The van der Waals surface area contributed by atoms with Crippen LogP contribution in [0.25, 0.3) is 0 Å². The molecule has 2 rings (SSSR count). The minimum absolute atomic E-state index is 0.109. The van der Waals surface area contributed by atoms with Crippen LogP contribution in [0.4, 0.5) is 0 Å². The van der Waals surface area contributed by atoms with Gasteiger partial charge in [-0.3, -0.25) is 4.79 Å². The maximum absolute atomic E-state index is 11.9. The molecule has 98 valence electrons. The molecule has 0 saturated heterocycles. The molecule has 0 aliphatic heterocycles. The Kier molecular flexibility index (Phi) is 4.05. The maximum Gasteiger partial charge on any atom is 0.223 e. The summed E-state index contributed by atoms with van der Waals surface area (Å²) in [6.45, 7) is 0.425. The number of carbonyl (C=O) groups is 1. The number of amides is 1. The van der Waals surface area contributed by atoms with Crippen molar-refractivity contribution in [3.8, 4) is 0 Å². The zero-order valence-corrected chi connectivity index (χ0v) is 10.5. The second kappa shape index (κ2) is 5.36. The first kappa shape index (κ1) is 12.8. The Morgan fingerprint density at radius 1 is 1.24 bits per heavy atom. The van der Waals surface area contributed by atoms with Gasteiger partial charge in [-0.05, 0) is 38.5 Å². The second-order valence-corrected chi connectivity index (χ2v) is 5.76. The van der Waals surface area contributed by atoms with Crippen LogP contribution in [0.3, 0.4) is 0 Å². The predicted molar refractivity (Wildman–Crippen MR) is 66.4 cm³/mol. The summed E-state index contributed by atoms with van der Waals surface area (Å²) in [5.41, 5.74) is 5.18. The highest BCUT2D eigenvalue weighted by Gasteiger charge is 2.32. The van der Waals surface area contributed by atoms with Gasteiger partial charge in [0.2, 0.25) is 5.91 Å². The largest absolute Gasteiger partial charge is 0.388 e. The van der Waals surface area contributed by atoms with E-state index in [1.807, 2.05) is 0 Å². The molecule has 4 N–H and O–H groups in total. The fourth-order valence-corrected chi connectivity index (χ4v) is 2.99. The van der Waals surface area contributed by atoms with Gasteiger partial charge in [-0.2, -0.15) is 0 Å². The topological polar surface area (TPSA) is 75.4 Å². The third-order valence-electron chi connectivity index (χ3n) is 4.27. The number of nitrogens with one attached hydrogen (secondary N) is 1. The van der Waals surface area contributed by atoms with Crippen LogP contribution >= 0.6 is 0 Å². The molecule has 0 aromatic heterocycles. The summed E-state index contributed by atoms with van der Waals surface area (Å²) in [7, 11) is 0. The van der Waals surface area contributed by atoms with Crippen LogP contribution in [0.2, 0.25) is 0 Å². The van der Waals surface area contributed by atoms with Gasteiger partial charge in [0.1, 0.15) is 0 Å². The van der Waals surface area contributed by atoms with Gasteiger partial charge in [0.15, 0.2) is 0 Å². The quantitative estimate of drug-likeness (QED) is 0.687. The van der Waals surface area contributed by atoms with E-state index in [0.29, 0.717) is 6.54 Å². The number of carbonyl (C=O) groups excluding carboxylic acids is 1. The van der Waals surface area contributed by atoms with Gasteiger partial charge in [0.25, 0.3) is 0 Å². The summed E-state index contributed by atoms with van der Waals surface area (Å²) in [6.07, 6.45) is 7.47. The van der Waals surface area contributed by atoms with E-state index in [1.54, 1.807) is 0 Å². The van der Waals surface area contributed by atoms with Gasteiger partial charge in [-0.25, -0.2) is 0 Å². The number of hydrogen-bond donors (Lipinski definition) is 3. The second-order valence-electron chi connectivity index (χ2n) is 5.76. The smallest absolute Gasteiger partial charge is 0.223 e. The number of nitrogens with two attached hydrogens (primary N) is 1. The van der Waals surface area contributed by atoms with Gasteiger partial charge in [-0.1, -0.05) is 12.8 Å². The average molecular weight is 240 g/mol. The van der Waals surface area contributed by atoms with Crippen molar-refractivity contribution >= 4 is 5.91 Å². The lowest BCUT2D eigenvalue weighted by molar-refractivity contribution is -0.127. The van der Waals surface area contributed by atoms with Crippen molar-refractivity contribution in [3.05, 3.63) is 0 Å². The Labute approximate surface area is 103 Å². The lowest BCUT2D eigenvalue weighted by Crippen LogP contribution is -2.44. The minimum atomic E-state index is -0.638. The highest BCUT2D eigenvalue weighted by atomic mass is 16.3. The van der Waals surface area contributed by atoms with Gasteiger partial charge in [0.05, 0.1) is 5.60 Å². The van der Waals surface area contributed by atoms with Crippen LogP contribution in [0.1, 0.15) is 51.4 Å². The van der Waals surface area contributed by atoms with Crippen molar-refractivity contribution in [3.63, 3.8) is 0 Å². The van der Waals surface area contributed by atoms with Crippen molar-refractivity contribution in [1.82, 2.24) is 5.32 Å². The summed E-state index contributed by atoms with van der Waals surface area (Å²) in [5.74, 6) is 0.219. The Balaban J connectivity index is 1.73. The predicted octanol–water partition coefficient (Wildman–Crippen LogP) is 0.925. The van der Waals surface area contributed by atoms with E-state index in [4.69, 9.17) is 5.73 Å². The van der Waals surface area contributed by atoms with Crippen LogP contribution in [-0.2, 0) is 4.79 Å². The monoisotopic (exact) mass is 240 g/mol. The highest BCUT2D eigenvalue weighted by molar-refractivity contribution is 5.78. The molecule has 0 radical (unpaired) electrons. The number of rotatable bonds is 3. The molecule has 2 fully saturated rings. The lowest BCUT2D eigenvalue weighted by Gasteiger charge is -2.27. The lowest BCUT2D eigenvalue weighted by atomic mass is 9.86. The zero-order valence-electron chi connectivity index (χ0n) is 10.5. The number of aliphatic hydroxyl groups is 1. The molecule has 0 aromatic rings. The van der Waals surface area contributed by atoms with Crippen LogP contribution in [-0.4, -0.2) is 29.2 Å². The van der Waals surface area contributed by atoms with Crippen molar-refractivity contribution in [2.24, 2.45) is 11.7 Å². The molecule has 0 bridgehead atoms. The molecule has 0 aromatic carbocycles. The number of hydrogen-bond acceptors (Lipinski definition) is 3. The Hall–Kier alpha value is -0.610. The summed E-state index contributed by atoms with van der Waals surface area (Å²) < 4.78 is 0. The minimum Gasteiger partial charge on any atom is -0.388 e. The summed E-state index contributed by atoms with van der Waals surface area (Å²) >= 11 is 0. The van der Waals surface area contributed by atoms with Crippen molar-refractivity contribution in [1.29, 1.82) is 0 Å². The Morgan fingerprint density at radius 3 is 2.41 bits per heavy atom. The molecule has 0 unspecified atom stereocenters. The zero-order chi connectivity index (χ0) is 12.3. The molecule has 1 amide bonds. The van der Waals surface area contributed by atoms with E-state index in [1.165, 1.54) is 0 Å². The molecule has 0 spiro atoms. The SMILES string of the molecule is NC1CCC(C(=O)NCC2(O)CCCC2)CC1. The van der Waals surface area contributed by atoms with Gasteiger partial charge < -0.3 is 16.2 Å². The van der Waals surface area contributed by atoms with Gasteiger partial charge in [0, 0.05) is 18.5 Å². The Bertz CT molecular complexity index is 267. The van der Waals surface area contributed by atoms with Crippen molar-refractivity contribution in [2.75, 3.05) is 6.54 Å². The average Bonchev–Trinajstić information content (AvgIpc) is 2.75. The summed E-state index contributed by atoms with van der Waals surface area (Å²) in [4.78, 5) is 11.9. The van der Waals surface area contributed by atoms with E-state index in [2.05, 4.69) is 5.32 Å². The first-order valence-corrected chi connectivity index (χ1v) is 6.85. The third kappa shape index (κ3) is 3.42. The molecule has 4 nitrogen and oxygen atoms in total. The van der Waals surface area contributed by atoms with E-state index in [-0.39, 0.29) is 17.9 Å². The summed E-state index contributed by atoms with van der Waals surface area (Å²) in [5, 5.41) is 13.1. The molecular weight excluding hydrogens is 216 g/mol. The van der Waals surface area contributed by atoms with Crippen LogP contribution in [0.5, 0.6) is 0 Å². The normalized spacial score (nSPS) is 32.4. The molecule has 4 heteroatoms. The maximum atomic E-state index is 11.9. The first-order valence-electron chi connectivity index (χ1n) is 6.85. The van der Waals surface area contributed by atoms with E-state index in [9.17, 15) is 9.90 Å². The van der Waals surface area contributed by atoms with Crippen LogP contribution in [0, 0.1) is 5.92 Å². The highest BCUT2D eigenvalue weighted by Crippen LogP contribution is 2.29. The molecule has 0 atom stereocenters. The van der Waals surface area contributed by atoms with Crippen molar-refractivity contribution < 1.29 is 9.90 Å². The van der Waals surface area contributed by atoms with Crippen LogP contribution in [0.15, 0.2) is 0 Å². The fourth-order valence-electron chi connectivity index (χ4n) is 2.99. The molecule has 2 saturated carbocycles. The fraction of sp³-hybridized carbons (Fsp3) is 0.923. The van der Waals surface area contributed by atoms with Gasteiger partial charge >= 0.3 is 0 Å². The molecule has 2 aliphatic rings. The van der Waals surface area contributed by atoms with Crippen molar-refractivity contribution in [2.45, 2.75) is 63.0 Å².